The number of rotatable bonds is 1. The zero-order chi connectivity index (χ0) is 4.28. The Morgan fingerprint density at radius 2 is 2.20 bits per heavy atom. The van der Waals surface area contributed by atoms with E-state index in [1.54, 1.807) is 0 Å². The van der Waals surface area contributed by atoms with Gasteiger partial charge in [0.25, 0.3) is 0 Å². The van der Waals surface area contributed by atoms with Gasteiger partial charge in [0.05, 0.1) is 0 Å². The van der Waals surface area contributed by atoms with E-state index < -0.39 is 5.50 Å². The second-order valence-corrected chi connectivity index (χ2v) is 1.48. The predicted octanol–water partition coefficient (Wildman–Crippen LogP) is 0.730. The Morgan fingerprint density at radius 1 is 2.00 bits per heavy atom. The molecular weight excluding hydrogens is 91.1 g/mol. The first-order chi connectivity index (χ1) is 2.27. The molecule has 0 spiro atoms. The molecule has 1 nitrogen and oxygen atoms in total. The Bertz CT molecular complexity index is 36.6. The molecule has 0 bridgehead atoms. The van der Waals surface area contributed by atoms with Crippen LogP contribution in [-0.2, 0) is 15.9 Å². The van der Waals surface area contributed by atoms with E-state index in [0.29, 0.717) is 0 Å². The normalized spacial score (nSPS) is 14.0. The molecule has 0 aromatic rings. The molecule has 0 radical (unpaired) electrons. The zero-order valence-electron chi connectivity index (χ0n) is 2.77. The Labute approximate surface area is 33.7 Å². The van der Waals surface area contributed by atoms with E-state index in [0.717, 1.165) is 0 Å². The van der Waals surface area contributed by atoms with Gasteiger partial charge in [-0.15, -0.1) is 0 Å². The van der Waals surface area contributed by atoms with Crippen molar-refractivity contribution in [1.29, 1.82) is 0 Å². The Kier molecular flexibility index (Phi) is 2.18. The lowest BCUT2D eigenvalue weighted by molar-refractivity contribution is 0.466. The lowest BCUT2D eigenvalue weighted by atomic mass is 10.9. The van der Waals surface area contributed by atoms with Gasteiger partial charge in [-0.1, -0.05) is 0 Å². The standard InChI is InChI=1S/C2H4FOS/c1-2(3)5-4/h2H,1H3/q+1. The monoisotopic (exact) mass is 95.0 g/mol. The summed E-state index contributed by atoms with van der Waals surface area (Å²) in [5.74, 6) is 0. The van der Waals surface area contributed by atoms with Gasteiger partial charge in [0.2, 0.25) is 0 Å². The highest BCUT2D eigenvalue weighted by Gasteiger charge is 2.07. The highest BCUT2D eigenvalue weighted by atomic mass is 32.1. The second kappa shape index (κ2) is 2.20. The maximum atomic E-state index is 11.1. The smallest absolute Gasteiger partial charge is 0.175 e. The molecular formula is C2H4FOS+. The van der Waals surface area contributed by atoms with E-state index in [-0.39, 0.29) is 11.7 Å². The topological polar surface area (TPSA) is 17.1 Å². The summed E-state index contributed by atoms with van der Waals surface area (Å²) in [6, 6.07) is 0. The summed E-state index contributed by atoms with van der Waals surface area (Å²) >= 11 is -0.0370. The van der Waals surface area contributed by atoms with Crippen LogP contribution in [0.1, 0.15) is 6.92 Å². The Morgan fingerprint density at radius 3 is 2.20 bits per heavy atom. The molecule has 0 aliphatic heterocycles. The largest absolute Gasteiger partial charge is 0.498 e. The lowest BCUT2D eigenvalue weighted by Crippen LogP contribution is -1.82. The summed E-state index contributed by atoms with van der Waals surface area (Å²) in [5.41, 5.74) is -1.25. The number of alkyl halides is 1. The third kappa shape index (κ3) is 3.95. The summed E-state index contributed by atoms with van der Waals surface area (Å²) in [6.45, 7) is 1.21. The van der Waals surface area contributed by atoms with Crippen LogP contribution in [0.2, 0.25) is 0 Å². The summed E-state index contributed by atoms with van der Waals surface area (Å²) in [6.07, 6.45) is 0. The predicted molar refractivity (Wildman–Crippen MR) is 18.6 cm³/mol. The SMILES string of the molecule is CC(F)[S+]=O. The van der Waals surface area contributed by atoms with Crippen LogP contribution in [0.3, 0.4) is 0 Å². The summed E-state index contributed by atoms with van der Waals surface area (Å²) in [5, 5.41) is 0. The molecule has 0 amide bonds. The first-order valence-electron chi connectivity index (χ1n) is 1.20. The van der Waals surface area contributed by atoms with Crippen LogP contribution in [0, 0.1) is 0 Å². The van der Waals surface area contributed by atoms with E-state index in [2.05, 4.69) is 0 Å². The number of hydrogen-bond acceptors (Lipinski definition) is 1. The van der Waals surface area contributed by atoms with E-state index in [1.165, 1.54) is 6.92 Å². The molecule has 3 heteroatoms. The first-order valence-corrected chi connectivity index (χ1v) is 2.00. The lowest BCUT2D eigenvalue weighted by Gasteiger charge is -1.56. The van der Waals surface area contributed by atoms with Crippen molar-refractivity contribution in [2.45, 2.75) is 12.4 Å². The van der Waals surface area contributed by atoms with Gasteiger partial charge in [-0.3, -0.25) is 0 Å². The molecule has 1 unspecified atom stereocenters. The molecule has 0 fully saturated rings. The summed E-state index contributed by atoms with van der Waals surface area (Å²) in [7, 11) is 0. The van der Waals surface area contributed by atoms with Crippen LogP contribution in [0.15, 0.2) is 0 Å². The molecule has 0 heterocycles. The zero-order valence-corrected chi connectivity index (χ0v) is 3.59. The Balaban J connectivity index is 2.83. The highest BCUT2D eigenvalue weighted by Crippen LogP contribution is 1.79. The number of halogens is 1. The van der Waals surface area contributed by atoms with E-state index in [9.17, 15) is 8.60 Å². The molecule has 1 atom stereocenters. The van der Waals surface area contributed by atoms with Crippen LogP contribution in [0.25, 0.3) is 0 Å². The molecule has 0 aliphatic rings. The second-order valence-electron chi connectivity index (χ2n) is 0.639. The average molecular weight is 95.1 g/mol. The van der Waals surface area contributed by atoms with Crippen molar-refractivity contribution in [2.75, 3.05) is 0 Å². The van der Waals surface area contributed by atoms with Gasteiger partial charge in [-0.25, -0.2) is 0 Å². The van der Waals surface area contributed by atoms with Gasteiger partial charge < -0.3 is 0 Å². The molecule has 0 N–H and O–H groups in total. The van der Waals surface area contributed by atoms with Gasteiger partial charge in [0.15, 0.2) is 0 Å². The van der Waals surface area contributed by atoms with Gasteiger partial charge >= 0.3 is 17.2 Å². The average Bonchev–Trinajstić information content (AvgIpc) is 1.38. The molecule has 0 aromatic carbocycles. The van der Waals surface area contributed by atoms with E-state index in [1.807, 2.05) is 0 Å². The fraction of sp³-hybridized carbons (Fsp3) is 1.00. The third-order valence-electron chi connectivity index (χ3n) is 0.133. The van der Waals surface area contributed by atoms with Crippen molar-refractivity contribution < 1.29 is 8.60 Å². The fourth-order valence-corrected chi connectivity index (χ4v) is 0. The summed E-state index contributed by atoms with van der Waals surface area (Å²) in [4.78, 5) is 0. The van der Waals surface area contributed by atoms with Crippen molar-refractivity contribution in [3.8, 4) is 0 Å². The first kappa shape index (κ1) is 4.95. The molecule has 5 heavy (non-hydrogen) atoms. The van der Waals surface area contributed by atoms with Crippen LogP contribution in [0.4, 0.5) is 4.39 Å². The van der Waals surface area contributed by atoms with Crippen molar-refractivity contribution in [2.24, 2.45) is 0 Å². The van der Waals surface area contributed by atoms with Crippen molar-refractivity contribution in [3.05, 3.63) is 0 Å². The van der Waals surface area contributed by atoms with Crippen LogP contribution in [-0.4, -0.2) is 5.50 Å². The highest BCUT2D eigenvalue weighted by molar-refractivity contribution is 7.66. The van der Waals surface area contributed by atoms with E-state index in [4.69, 9.17) is 0 Å². The van der Waals surface area contributed by atoms with Gasteiger partial charge in [0, 0.05) is 11.1 Å². The molecule has 0 aromatic heterocycles. The molecule has 0 saturated heterocycles. The molecule has 0 saturated carbocycles. The van der Waals surface area contributed by atoms with Crippen molar-refractivity contribution in [1.82, 2.24) is 0 Å². The quantitative estimate of drug-likeness (QED) is 0.439. The van der Waals surface area contributed by atoms with Crippen LogP contribution < -0.4 is 0 Å². The molecule has 0 rings (SSSR count). The van der Waals surface area contributed by atoms with Gasteiger partial charge in [-0.05, 0) is 0 Å². The minimum absolute atomic E-state index is 0.0370. The minimum atomic E-state index is -1.25. The third-order valence-corrected chi connectivity index (χ3v) is 0.398. The van der Waals surface area contributed by atoms with Gasteiger partial charge in [-0.2, -0.15) is 4.39 Å². The maximum absolute atomic E-state index is 11.1. The van der Waals surface area contributed by atoms with Crippen molar-refractivity contribution in [3.63, 3.8) is 0 Å². The van der Waals surface area contributed by atoms with Crippen molar-refractivity contribution >= 4 is 11.7 Å². The van der Waals surface area contributed by atoms with Crippen LogP contribution >= 0.6 is 0 Å². The maximum Gasteiger partial charge on any atom is 0.498 e. The molecule has 30 valence electrons. The molecule has 0 aliphatic carbocycles. The minimum Gasteiger partial charge on any atom is -0.175 e. The number of hydrogen-bond donors (Lipinski definition) is 0. The van der Waals surface area contributed by atoms with Crippen LogP contribution in [0.5, 0.6) is 0 Å². The fourth-order valence-electron chi connectivity index (χ4n) is 0. The van der Waals surface area contributed by atoms with Gasteiger partial charge in [0.1, 0.15) is 0 Å². The van der Waals surface area contributed by atoms with E-state index >= 15 is 0 Å². The Hall–Kier alpha value is -0.0500. The summed E-state index contributed by atoms with van der Waals surface area (Å²) < 4.78 is 20.3.